The summed E-state index contributed by atoms with van der Waals surface area (Å²) in [7, 11) is 1.89. The highest BCUT2D eigenvalue weighted by atomic mass is 16.5. The summed E-state index contributed by atoms with van der Waals surface area (Å²) in [4.78, 5) is 20.2. The van der Waals surface area contributed by atoms with Gasteiger partial charge in [-0.25, -0.2) is 0 Å². The van der Waals surface area contributed by atoms with Gasteiger partial charge in [-0.1, -0.05) is 12.1 Å². The Morgan fingerprint density at radius 3 is 2.90 bits per heavy atom. The van der Waals surface area contributed by atoms with E-state index in [4.69, 9.17) is 4.52 Å². The minimum absolute atomic E-state index is 0.155. The largest absolute Gasteiger partial charge is 0.339 e. The summed E-state index contributed by atoms with van der Waals surface area (Å²) in [5.41, 5.74) is 0. The summed E-state index contributed by atoms with van der Waals surface area (Å²) < 4.78 is 5.18. The summed E-state index contributed by atoms with van der Waals surface area (Å²) in [6.45, 7) is 6.29. The first-order valence-electron chi connectivity index (χ1n) is 7.17. The molecule has 1 saturated heterocycles. The molecule has 0 radical (unpaired) electrons. The summed E-state index contributed by atoms with van der Waals surface area (Å²) in [5, 5.41) is 7.15. The van der Waals surface area contributed by atoms with Crippen molar-refractivity contribution >= 4 is 5.91 Å². The Morgan fingerprint density at radius 2 is 2.20 bits per heavy atom. The molecule has 1 N–H and O–H groups in total. The van der Waals surface area contributed by atoms with Crippen molar-refractivity contribution in [1.82, 2.24) is 25.3 Å². The van der Waals surface area contributed by atoms with E-state index >= 15 is 0 Å². The van der Waals surface area contributed by atoms with E-state index in [0.717, 1.165) is 44.8 Å². The van der Waals surface area contributed by atoms with Crippen LogP contribution in [0.3, 0.4) is 0 Å². The van der Waals surface area contributed by atoms with Gasteiger partial charge in [0.05, 0.1) is 13.1 Å². The third kappa shape index (κ3) is 4.28. The van der Waals surface area contributed by atoms with Gasteiger partial charge >= 0.3 is 0 Å². The topological polar surface area (TPSA) is 74.5 Å². The molecule has 0 aromatic carbocycles. The van der Waals surface area contributed by atoms with Gasteiger partial charge in [0.2, 0.25) is 11.8 Å². The van der Waals surface area contributed by atoms with Crippen LogP contribution in [0.4, 0.5) is 0 Å². The van der Waals surface area contributed by atoms with Crippen molar-refractivity contribution in [1.29, 1.82) is 0 Å². The zero-order chi connectivity index (χ0) is 14.4. The van der Waals surface area contributed by atoms with Crippen molar-refractivity contribution in [2.45, 2.75) is 26.3 Å². The summed E-state index contributed by atoms with van der Waals surface area (Å²) in [6.07, 6.45) is 1.82. The van der Waals surface area contributed by atoms with Gasteiger partial charge < -0.3 is 14.7 Å². The molecule has 112 valence electrons. The number of nitrogens with one attached hydrogen (secondary N) is 1. The minimum Gasteiger partial charge on any atom is -0.339 e. The number of hydrogen-bond donors (Lipinski definition) is 1. The lowest BCUT2D eigenvalue weighted by Crippen LogP contribution is -2.49. The van der Waals surface area contributed by atoms with E-state index in [1.165, 1.54) is 0 Å². The van der Waals surface area contributed by atoms with Gasteiger partial charge in [-0.05, 0) is 13.5 Å². The molecule has 7 nitrogen and oxygen atoms in total. The standard InChI is InChI=1S/C13H23N5O2/c1-3-4-11-15-12(20-16-11)9-17(2)10-13(19)18-7-5-14-6-8-18/h14H,3-10H2,1-2H3. The summed E-state index contributed by atoms with van der Waals surface area (Å²) in [6, 6.07) is 0. The SMILES string of the molecule is CCCc1noc(CN(C)CC(=O)N2CCNCC2)n1. The van der Waals surface area contributed by atoms with Crippen LogP contribution >= 0.6 is 0 Å². The van der Waals surface area contributed by atoms with E-state index in [-0.39, 0.29) is 5.91 Å². The van der Waals surface area contributed by atoms with Crippen LogP contribution < -0.4 is 5.32 Å². The van der Waals surface area contributed by atoms with E-state index in [0.29, 0.717) is 19.0 Å². The first kappa shape index (κ1) is 14.9. The van der Waals surface area contributed by atoms with E-state index in [1.54, 1.807) is 0 Å². The van der Waals surface area contributed by atoms with Crippen molar-refractivity contribution in [3.63, 3.8) is 0 Å². The Balaban J connectivity index is 1.78. The van der Waals surface area contributed by atoms with Gasteiger partial charge in [-0.2, -0.15) is 4.98 Å². The second kappa shape index (κ2) is 7.35. The third-order valence-corrected chi connectivity index (χ3v) is 3.26. The smallest absolute Gasteiger partial charge is 0.240 e. The molecule has 0 unspecified atom stereocenters. The number of rotatable bonds is 6. The van der Waals surface area contributed by atoms with Gasteiger partial charge in [-0.15, -0.1) is 0 Å². The monoisotopic (exact) mass is 281 g/mol. The quantitative estimate of drug-likeness (QED) is 0.784. The number of nitrogens with zero attached hydrogens (tertiary/aromatic N) is 4. The predicted octanol–water partition coefficient (Wildman–Crippen LogP) is -0.114. The van der Waals surface area contributed by atoms with Crippen LogP contribution in [0.15, 0.2) is 4.52 Å². The Labute approximate surface area is 119 Å². The van der Waals surface area contributed by atoms with E-state index in [2.05, 4.69) is 22.4 Å². The average Bonchev–Trinajstić information content (AvgIpc) is 2.87. The molecular formula is C13H23N5O2. The minimum atomic E-state index is 0.155. The molecule has 0 spiro atoms. The van der Waals surface area contributed by atoms with Gasteiger partial charge in [0.15, 0.2) is 5.82 Å². The Hall–Kier alpha value is -1.47. The molecule has 1 fully saturated rings. The Kier molecular flexibility index (Phi) is 5.49. The number of piperazine rings is 1. The van der Waals surface area contributed by atoms with Gasteiger partial charge in [0.25, 0.3) is 0 Å². The van der Waals surface area contributed by atoms with Gasteiger partial charge in [0, 0.05) is 32.6 Å². The molecule has 0 atom stereocenters. The predicted molar refractivity (Wildman–Crippen MR) is 74.1 cm³/mol. The molecule has 1 aliphatic rings. The van der Waals surface area contributed by atoms with E-state index in [9.17, 15) is 4.79 Å². The number of likely N-dealkylation sites (N-methyl/N-ethyl adjacent to an activating group) is 1. The average molecular weight is 281 g/mol. The zero-order valence-electron chi connectivity index (χ0n) is 12.3. The van der Waals surface area contributed by atoms with Crippen LogP contribution in [-0.4, -0.2) is 65.6 Å². The van der Waals surface area contributed by atoms with Crippen LogP contribution in [0.1, 0.15) is 25.1 Å². The number of carbonyl (C=O) groups excluding carboxylic acids is 1. The van der Waals surface area contributed by atoms with Crippen LogP contribution in [0.5, 0.6) is 0 Å². The highest BCUT2D eigenvalue weighted by Gasteiger charge is 2.18. The molecule has 1 amide bonds. The van der Waals surface area contributed by atoms with E-state index < -0.39 is 0 Å². The third-order valence-electron chi connectivity index (χ3n) is 3.26. The maximum atomic E-state index is 12.1. The molecule has 2 heterocycles. The molecule has 7 heteroatoms. The second-order valence-corrected chi connectivity index (χ2v) is 5.16. The molecule has 1 aromatic rings. The van der Waals surface area contributed by atoms with E-state index in [1.807, 2.05) is 16.8 Å². The molecule has 2 rings (SSSR count). The first-order valence-corrected chi connectivity index (χ1v) is 7.17. The normalized spacial score (nSPS) is 15.8. The molecule has 0 aliphatic carbocycles. The van der Waals surface area contributed by atoms with Gasteiger partial charge in [0.1, 0.15) is 0 Å². The highest BCUT2D eigenvalue weighted by Crippen LogP contribution is 2.04. The number of aryl methyl sites for hydroxylation is 1. The summed E-state index contributed by atoms with van der Waals surface area (Å²) in [5.74, 6) is 1.47. The van der Waals surface area contributed by atoms with Crippen LogP contribution in [0.2, 0.25) is 0 Å². The van der Waals surface area contributed by atoms with Crippen molar-refractivity contribution in [2.75, 3.05) is 39.8 Å². The summed E-state index contributed by atoms with van der Waals surface area (Å²) >= 11 is 0. The Bertz CT molecular complexity index is 428. The van der Waals surface area contributed by atoms with Crippen LogP contribution in [-0.2, 0) is 17.8 Å². The zero-order valence-corrected chi connectivity index (χ0v) is 12.3. The molecule has 1 aliphatic heterocycles. The lowest BCUT2D eigenvalue weighted by molar-refractivity contribution is -0.132. The lowest BCUT2D eigenvalue weighted by atomic mass is 10.3. The number of amides is 1. The first-order chi connectivity index (χ1) is 9.69. The van der Waals surface area contributed by atoms with Crippen molar-refractivity contribution in [3.05, 3.63) is 11.7 Å². The number of carbonyl (C=O) groups is 1. The number of hydrogen-bond acceptors (Lipinski definition) is 6. The molecule has 0 saturated carbocycles. The van der Waals surface area contributed by atoms with Crippen molar-refractivity contribution in [3.8, 4) is 0 Å². The molecule has 20 heavy (non-hydrogen) atoms. The lowest BCUT2D eigenvalue weighted by Gasteiger charge is -2.28. The van der Waals surface area contributed by atoms with Crippen LogP contribution in [0, 0.1) is 0 Å². The van der Waals surface area contributed by atoms with Crippen LogP contribution in [0.25, 0.3) is 0 Å². The molecule has 1 aromatic heterocycles. The highest BCUT2D eigenvalue weighted by molar-refractivity contribution is 5.78. The maximum absolute atomic E-state index is 12.1. The number of aromatic nitrogens is 2. The fourth-order valence-corrected chi connectivity index (χ4v) is 2.21. The maximum Gasteiger partial charge on any atom is 0.240 e. The fraction of sp³-hybridized carbons (Fsp3) is 0.769. The molecular weight excluding hydrogens is 258 g/mol. The van der Waals surface area contributed by atoms with Gasteiger partial charge in [-0.3, -0.25) is 9.69 Å². The fourth-order valence-electron chi connectivity index (χ4n) is 2.21. The van der Waals surface area contributed by atoms with Crippen molar-refractivity contribution < 1.29 is 9.32 Å². The second-order valence-electron chi connectivity index (χ2n) is 5.16. The molecule has 0 bridgehead atoms. The van der Waals surface area contributed by atoms with Crippen molar-refractivity contribution in [2.24, 2.45) is 0 Å². The Morgan fingerprint density at radius 1 is 1.45 bits per heavy atom.